The zero-order chi connectivity index (χ0) is 23.7. The van der Waals surface area contributed by atoms with Gasteiger partial charge in [-0.25, -0.2) is 4.98 Å². The Labute approximate surface area is 197 Å². The fourth-order valence-electron chi connectivity index (χ4n) is 4.22. The van der Waals surface area contributed by atoms with Gasteiger partial charge in [-0.15, -0.1) is 0 Å². The van der Waals surface area contributed by atoms with Gasteiger partial charge in [0.1, 0.15) is 17.3 Å². The molecule has 33 heavy (non-hydrogen) atoms. The van der Waals surface area contributed by atoms with Gasteiger partial charge < -0.3 is 14.4 Å². The maximum absolute atomic E-state index is 13.1. The van der Waals surface area contributed by atoms with Gasteiger partial charge in [-0.2, -0.15) is 0 Å². The van der Waals surface area contributed by atoms with E-state index in [4.69, 9.17) is 26.1 Å². The molecular weight excluding hydrogens is 444 g/mol. The summed E-state index contributed by atoms with van der Waals surface area (Å²) in [5.74, 6) is 1.76. The summed E-state index contributed by atoms with van der Waals surface area (Å²) in [5, 5.41) is 1.09. The molecule has 0 aliphatic carbocycles. The minimum absolute atomic E-state index is 0.0645. The number of fused-ring (bicyclic) bond motifs is 1. The molecular formula is C24H27ClN4O4. The van der Waals surface area contributed by atoms with Crippen molar-refractivity contribution in [2.75, 3.05) is 40.4 Å². The fourth-order valence-corrected chi connectivity index (χ4v) is 4.39. The van der Waals surface area contributed by atoms with Crippen LogP contribution in [0, 0.1) is 0 Å². The van der Waals surface area contributed by atoms with E-state index >= 15 is 0 Å². The number of methoxy groups -OCH3 is 2. The summed E-state index contributed by atoms with van der Waals surface area (Å²) in [7, 11) is 4.86. The number of piperazine rings is 1. The van der Waals surface area contributed by atoms with Crippen LogP contribution in [0.3, 0.4) is 0 Å². The summed E-state index contributed by atoms with van der Waals surface area (Å²) in [6, 6.07) is 10.2. The second kappa shape index (κ2) is 9.41. The normalized spacial score (nSPS) is 15.5. The van der Waals surface area contributed by atoms with E-state index in [-0.39, 0.29) is 17.5 Å². The topological polar surface area (TPSA) is 76.9 Å². The van der Waals surface area contributed by atoms with Gasteiger partial charge in [-0.1, -0.05) is 11.6 Å². The van der Waals surface area contributed by atoms with Crippen molar-refractivity contribution in [2.24, 2.45) is 7.05 Å². The Morgan fingerprint density at radius 2 is 1.67 bits per heavy atom. The molecule has 4 rings (SSSR count). The summed E-state index contributed by atoms with van der Waals surface area (Å²) in [4.78, 5) is 34.7. The minimum Gasteiger partial charge on any atom is -0.497 e. The number of carbonyl (C=O) groups excluding carboxylic acids is 1. The van der Waals surface area contributed by atoms with E-state index in [1.807, 2.05) is 11.8 Å². The standard InChI is InChI=1S/C24H27ClN4O4/c1-15(22-26-21-13-17(25)5-6-20(21)24(31)27(22)2)28-7-9-29(10-8-28)23(30)16-11-18(32-3)14-19(12-16)33-4/h5-6,11-15H,7-10H2,1-4H3. The van der Waals surface area contributed by atoms with Gasteiger partial charge in [0.25, 0.3) is 11.5 Å². The molecule has 2 aromatic carbocycles. The Bertz CT molecular complexity index is 1230. The van der Waals surface area contributed by atoms with Crippen LogP contribution in [0.15, 0.2) is 41.2 Å². The van der Waals surface area contributed by atoms with Crippen molar-refractivity contribution in [3.8, 4) is 11.5 Å². The number of nitrogens with zero attached hydrogens (tertiary/aromatic N) is 4. The molecule has 1 aromatic heterocycles. The fraction of sp³-hybridized carbons (Fsp3) is 0.375. The molecule has 8 nitrogen and oxygen atoms in total. The first-order valence-electron chi connectivity index (χ1n) is 10.7. The van der Waals surface area contributed by atoms with Crippen LogP contribution in [0.4, 0.5) is 0 Å². The number of hydrogen-bond acceptors (Lipinski definition) is 6. The lowest BCUT2D eigenvalue weighted by molar-refractivity contribution is 0.0571. The molecule has 9 heteroatoms. The predicted octanol–water partition coefficient (Wildman–Crippen LogP) is 3.12. The average Bonchev–Trinajstić information content (AvgIpc) is 2.84. The number of ether oxygens (including phenoxy) is 2. The third kappa shape index (κ3) is 4.54. The number of carbonyl (C=O) groups is 1. The SMILES string of the molecule is COc1cc(OC)cc(C(=O)N2CCN(C(C)c3nc4cc(Cl)ccc4c(=O)n3C)CC2)c1. The van der Waals surface area contributed by atoms with E-state index < -0.39 is 0 Å². The maximum Gasteiger partial charge on any atom is 0.261 e. The number of rotatable bonds is 5. The second-order valence-electron chi connectivity index (χ2n) is 8.10. The molecule has 3 aromatic rings. The predicted molar refractivity (Wildman–Crippen MR) is 127 cm³/mol. The largest absolute Gasteiger partial charge is 0.497 e. The van der Waals surface area contributed by atoms with E-state index in [1.54, 1.807) is 62.2 Å². The van der Waals surface area contributed by atoms with Crippen molar-refractivity contribution in [1.82, 2.24) is 19.4 Å². The highest BCUT2D eigenvalue weighted by molar-refractivity contribution is 6.31. The van der Waals surface area contributed by atoms with Crippen molar-refractivity contribution >= 4 is 28.4 Å². The van der Waals surface area contributed by atoms with E-state index in [9.17, 15) is 9.59 Å². The number of hydrogen-bond donors (Lipinski definition) is 0. The molecule has 1 amide bonds. The van der Waals surface area contributed by atoms with Gasteiger partial charge in [-0.05, 0) is 37.3 Å². The Morgan fingerprint density at radius 3 is 2.27 bits per heavy atom. The van der Waals surface area contributed by atoms with Gasteiger partial charge in [0.15, 0.2) is 0 Å². The van der Waals surface area contributed by atoms with E-state index in [2.05, 4.69) is 4.90 Å². The van der Waals surface area contributed by atoms with E-state index in [1.165, 1.54) is 0 Å². The van der Waals surface area contributed by atoms with Crippen LogP contribution in [-0.2, 0) is 7.05 Å². The molecule has 174 valence electrons. The lowest BCUT2D eigenvalue weighted by Crippen LogP contribution is -2.49. The lowest BCUT2D eigenvalue weighted by atomic mass is 10.1. The molecule has 1 unspecified atom stereocenters. The van der Waals surface area contributed by atoms with Crippen LogP contribution < -0.4 is 15.0 Å². The van der Waals surface area contributed by atoms with Gasteiger partial charge >= 0.3 is 0 Å². The van der Waals surface area contributed by atoms with Crippen molar-refractivity contribution in [3.05, 3.63) is 63.2 Å². The summed E-state index contributed by atoms with van der Waals surface area (Å²) in [5.41, 5.74) is 1.02. The molecule has 0 radical (unpaired) electrons. The van der Waals surface area contributed by atoms with Crippen molar-refractivity contribution in [3.63, 3.8) is 0 Å². The summed E-state index contributed by atoms with van der Waals surface area (Å²) in [6.07, 6.45) is 0. The van der Waals surface area contributed by atoms with Crippen LogP contribution in [0.5, 0.6) is 11.5 Å². The molecule has 1 atom stereocenters. The van der Waals surface area contributed by atoms with Gasteiger partial charge in [0, 0.05) is 49.9 Å². The first kappa shape index (κ1) is 23.1. The monoisotopic (exact) mass is 470 g/mol. The Hall–Kier alpha value is -3.10. The molecule has 2 heterocycles. The van der Waals surface area contributed by atoms with Gasteiger partial charge in [0.2, 0.25) is 0 Å². The van der Waals surface area contributed by atoms with E-state index in [0.29, 0.717) is 65.0 Å². The van der Waals surface area contributed by atoms with Crippen molar-refractivity contribution in [2.45, 2.75) is 13.0 Å². The van der Waals surface area contributed by atoms with Crippen LogP contribution in [0.25, 0.3) is 10.9 Å². The Balaban J connectivity index is 1.51. The maximum atomic E-state index is 13.1. The molecule has 0 spiro atoms. The van der Waals surface area contributed by atoms with Gasteiger partial charge in [-0.3, -0.25) is 19.1 Å². The average molecular weight is 471 g/mol. The van der Waals surface area contributed by atoms with Crippen LogP contribution >= 0.6 is 11.6 Å². The quantitative estimate of drug-likeness (QED) is 0.570. The summed E-state index contributed by atoms with van der Waals surface area (Å²) >= 11 is 6.11. The van der Waals surface area contributed by atoms with Crippen LogP contribution in [0.1, 0.15) is 29.1 Å². The molecule has 0 N–H and O–H groups in total. The molecule has 1 fully saturated rings. The number of benzene rings is 2. The first-order chi connectivity index (χ1) is 15.8. The molecule has 0 bridgehead atoms. The highest BCUT2D eigenvalue weighted by Gasteiger charge is 2.28. The number of amides is 1. The lowest BCUT2D eigenvalue weighted by Gasteiger charge is -2.38. The van der Waals surface area contributed by atoms with E-state index in [0.717, 1.165) is 0 Å². The van der Waals surface area contributed by atoms with Crippen molar-refractivity contribution < 1.29 is 14.3 Å². The first-order valence-corrected chi connectivity index (χ1v) is 11.1. The molecule has 0 saturated carbocycles. The Morgan fingerprint density at radius 1 is 1.03 bits per heavy atom. The second-order valence-corrected chi connectivity index (χ2v) is 8.54. The van der Waals surface area contributed by atoms with Gasteiger partial charge in [0.05, 0.1) is 31.2 Å². The zero-order valence-corrected chi connectivity index (χ0v) is 19.9. The molecule has 1 saturated heterocycles. The number of halogens is 1. The smallest absolute Gasteiger partial charge is 0.261 e. The molecule has 1 aliphatic rings. The Kier molecular flexibility index (Phi) is 6.58. The summed E-state index contributed by atoms with van der Waals surface area (Å²) in [6.45, 7) is 4.49. The number of aromatic nitrogens is 2. The highest BCUT2D eigenvalue weighted by Crippen LogP contribution is 2.25. The summed E-state index contributed by atoms with van der Waals surface area (Å²) < 4.78 is 12.2. The van der Waals surface area contributed by atoms with Crippen LogP contribution in [0.2, 0.25) is 5.02 Å². The zero-order valence-electron chi connectivity index (χ0n) is 19.2. The third-order valence-electron chi connectivity index (χ3n) is 6.19. The highest BCUT2D eigenvalue weighted by atomic mass is 35.5. The molecule has 1 aliphatic heterocycles. The van der Waals surface area contributed by atoms with Crippen LogP contribution in [-0.4, -0.2) is 65.7 Å². The minimum atomic E-state index is -0.0979. The third-order valence-corrected chi connectivity index (χ3v) is 6.43. The van der Waals surface area contributed by atoms with Crippen molar-refractivity contribution in [1.29, 1.82) is 0 Å².